The number of anilines is 1. The molecule has 0 saturated heterocycles. The van der Waals surface area contributed by atoms with Crippen molar-refractivity contribution < 1.29 is 4.92 Å². The van der Waals surface area contributed by atoms with Gasteiger partial charge in [-0.3, -0.25) is 10.1 Å². The fraction of sp³-hybridized carbons (Fsp3) is 0. The minimum Gasteiger partial charge on any atom is -0.383 e. The largest absolute Gasteiger partial charge is 0.383 e. The highest BCUT2D eigenvalue weighted by Crippen LogP contribution is 2.28. The van der Waals surface area contributed by atoms with Crippen LogP contribution in [-0.4, -0.2) is 9.91 Å². The molecular formula is C5H3BrClN3O2. The molecule has 0 atom stereocenters. The highest BCUT2D eigenvalue weighted by molar-refractivity contribution is 9.10. The maximum atomic E-state index is 10.3. The SMILES string of the molecule is Nc1nc(Cl)c([N+](=O)[O-])cc1Br. The molecule has 0 saturated carbocycles. The molecule has 5 nitrogen and oxygen atoms in total. The van der Waals surface area contributed by atoms with E-state index >= 15 is 0 Å². The van der Waals surface area contributed by atoms with Crippen molar-refractivity contribution in [1.29, 1.82) is 0 Å². The third-order valence-corrected chi connectivity index (χ3v) is 2.05. The predicted molar refractivity (Wildman–Crippen MR) is 48.0 cm³/mol. The van der Waals surface area contributed by atoms with Crippen LogP contribution in [0, 0.1) is 10.1 Å². The van der Waals surface area contributed by atoms with Gasteiger partial charge in [0.15, 0.2) is 0 Å². The van der Waals surface area contributed by atoms with Crippen LogP contribution in [-0.2, 0) is 0 Å². The van der Waals surface area contributed by atoms with Crippen molar-refractivity contribution in [2.45, 2.75) is 0 Å². The molecule has 0 radical (unpaired) electrons. The molecule has 0 aliphatic rings. The van der Waals surface area contributed by atoms with E-state index in [1.54, 1.807) is 0 Å². The van der Waals surface area contributed by atoms with Crippen molar-refractivity contribution in [2.75, 3.05) is 5.73 Å². The van der Waals surface area contributed by atoms with Crippen molar-refractivity contribution in [1.82, 2.24) is 4.98 Å². The summed E-state index contributed by atoms with van der Waals surface area (Å²) in [4.78, 5) is 13.2. The maximum Gasteiger partial charge on any atom is 0.307 e. The predicted octanol–water partition coefficient (Wildman–Crippen LogP) is 1.99. The topological polar surface area (TPSA) is 82.0 Å². The third-order valence-electron chi connectivity index (χ3n) is 1.13. The lowest BCUT2D eigenvalue weighted by atomic mass is 10.4. The van der Waals surface area contributed by atoms with Crippen LogP contribution in [0.3, 0.4) is 0 Å². The Labute approximate surface area is 80.8 Å². The van der Waals surface area contributed by atoms with E-state index < -0.39 is 4.92 Å². The Balaban J connectivity index is 3.33. The summed E-state index contributed by atoms with van der Waals surface area (Å²) in [5.74, 6) is 0.130. The number of pyridine rings is 1. The molecule has 0 aliphatic heterocycles. The summed E-state index contributed by atoms with van der Waals surface area (Å²) >= 11 is 8.44. The Morgan fingerprint density at radius 3 is 2.83 bits per heavy atom. The van der Waals surface area contributed by atoms with Gasteiger partial charge in [0.2, 0.25) is 5.15 Å². The first kappa shape index (κ1) is 9.21. The van der Waals surface area contributed by atoms with Crippen LogP contribution in [0.1, 0.15) is 0 Å². The third kappa shape index (κ3) is 1.64. The van der Waals surface area contributed by atoms with Gasteiger partial charge in [-0.15, -0.1) is 0 Å². The zero-order valence-electron chi connectivity index (χ0n) is 5.62. The van der Waals surface area contributed by atoms with E-state index in [-0.39, 0.29) is 16.7 Å². The van der Waals surface area contributed by atoms with Crippen LogP contribution in [0.5, 0.6) is 0 Å². The average Bonchev–Trinajstić information content (AvgIpc) is 1.96. The second kappa shape index (κ2) is 3.24. The van der Waals surface area contributed by atoms with Crippen LogP contribution >= 0.6 is 27.5 Å². The van der Waals surface area contributed by atoms with Crippen LogP contribution in [0.2, 0.25) is 5.15 Å². The van der Waals surface area contributed by atoms with Crippen LogP contribution in [0.4, 0.5) is 11.5 Å². The van der Waals surface area contributed by atoms with Gasteiger partial charge in [-0.05, 0) is 15.9 Å². The van der Waals surface area contributed by atoms with E-state index in [4.69, 9.17) is 17.3 Å². The Hall–Kier alpha value is -0.880. The van der Waals surface area contributed by atoms with E-state index in [1.165, 1.54) is 6.07 Å². The van der Waals surface area contributed by atoms with Gasteiger partial charge < -0.3 is 5.73 Å². The van der Waals surface area contributed by atoms with E-state index in [1.807, 2.05) is 0 Å². The first-order valence-corrected chi connectivity index (χ1v) is 3.95. The summed E-state index contributed by atoms with van der Waals surface area (Å²) in [6, 6.07) is 1.21. The molecular weight excluding hydrogens is 249 g/mol. The Bertz CT molecular complexity index is 344. The molecule has 0 aliphatic carbocycles. The highest BCUT2D eigenvalue weighted by atomic mass is 79.9. The monoisotopic (exact) mass is 251 g/mol. The molecule has 1 heterocycles. The molecule has 0 fully saturated rings. The summed E-state index contributed by atoms with van der Waals surface area (Å²) in [5.41, 5.74) is 5.06. The molecule has 1 aromatic rings. The minimum atomic E-state index is -0.625. The number of nitro groups is 1. The number of hydrogen-bond donors (Lipinski definition) is 1. The van der Waals surface area contributed by atoms with Crippen molar-refractivity contribution >= 4 is 39.0 Å². The lowest BCUT2D eigenvalue weighted by Gasteiger charge is -1.98. The fourth-order valence-electron chi connectivity index (χ4n) is 0.598. The first-order valence-electron chi connectivity index (χ1n) is 2.78. The summed E-state index contributed by atoms with van der Waals surface area (Å²) < 4.78 is 0.360. The smallest absolute Gasteiger partial charge is 0.307 e. The van der Waals surface area contributed by atoms with Gasteiger partial charge >= 0.3 is 5.69 Å². The van der Waals surface area contributed by atoms with Gasteiger partial charge in [-0.2, -0.15) is 0 Å². The number of nitrogen functional groups attached to an aromatic ring is 1. The van der Waals surface area contributed by atoms with E-state index in [0.717, 1.165) is 0 Å². The number of hydrogen-bond acceptors (Lipinski definition) is 4. The second-order valence-electron chi connectivity index (χ2n) is 1.92. The van der Waals surface area contributed by atoms with Gasteiger partial charge in [0.05, 0.1) is 9.40 Å². The van der Waals surface area contributed by atoms with Crippen LogP contribution in [0.25, 0.3) is 0 Å². The van der Waals surface area contributed by atoms with E-state index in [9.17, 15) is 10.1 Å². The lowest BCUT2D eigenvalue weighted by molar-refractivity contribution is -0.385. The number of rotatable bonds is 1. The number of aromatic nitrogens is 1. The van der Waals surface area contributed by atoms with Crippen molar-refractivity contribution in [3.05, 3.63) is 25.8 Å². The summed E-state index contributed by atoms with van der Waals surface area (Å²) in [5, 5.41) is 10.1. The van der Waals surface area contributed by atoms with E-state index in [0.29, 0.717) is 4.47 Å². The normalized spacial score (nSPS) is 9.83. The van der Waals surface area contributed by atoms with Crippen LogP contribution in [0.15, 0.2) is 10.5 Å². The summed E-state index contributed by atoms with van der Waals surface area (Å²) in [6.07, 6.45) is 0. The zero-order valence-corrected chi connectivity index (χ0v) is 7.96. The number of nitrogens with zero attached hydrogens (tertiary/aromatic N) is 2. The average molecular weight is 252 g/mol. The molecule has 12 heavy (non-hydrogen) atoms. The fourth-order valence-corrected chi connectivity index (χ4v) is 1.12. The highest BCUT2D eigenvalue weighted by Gasteiger charge is 2.15. The first-order chi connectivity index (χ1) is 5.52. The molecule has 1 rings (SSSR count). The maximum absolute atomic E-state index is 10.3. The molecule has 0 spiro atoms. The molecule has 7 heteroatoms. The minimum absolute atomic E-state index is 0.130. The van der Waals surface area contributed by atoms with E-state index in [2.05, 4.69) is 20.9 Å². The van der Waals surface area contributed by atoms with Gasteiger partial charge in [0.1, 0.15) is 5.82 Å². The van der Waals surface area contributed by atoms with Gasteiger partial charge in [-0.1, -0.05) is 11.6 Å². The van der Waals surface area contributed by atoms with Crippen molar-refractivity contribution in [3.8, 4) is 0 Å². The molecule has 64 valence electrons. The molecule has 0 amide bonds. The van der Waals surface area contributed by atoms with Gasteiger partial charge in [0.25, 0.3) is 0 Å². The van der Waals surface area contributed by atoms with Gasteiger partial charge in [-0.25, -0.2) is 4.98 Å². The molecule has 0 bridgehead atoms. The molecule has 1 aromatic heterocycles. The summed E-state index contributed by atoms with van der Waals surface area (Å²) in [7, 11) is 0. The Morgan fingerprint density at radius 2 is 2.33 bits per heavy atom. The van der Waals surface area contributed by atoms with Crippen molar-refractivity contribution in [3.63, 3.8) is 0 Å². The molecule has 2 N–H and O–H groups in total. The molecule has 0 aromatic carbocycles. The quantitative estimate of drug-likeness (QED) is 0.471. The van der Waals surface area contributed by atoms with Crippen molar-refractivity contribution in [2.24, 2.45) is 0 Å². The second-order valence-corrected chi connectivity index (χ2v) is 3.13. The van der Waals surface area contributed by atoms with Gasteiger partial charge in [0, 0.05) is 6.07 Å². The Morgan fingerprint density at radius 1 is 1.75 bits per heavy atom. The Kier molecular flexibility index (Phi) is 2.49. The number of nitrogens with two attached hydrogens (primary N) is 1. The lowest BCUT2D eigenvalue weighted by Crippen LogP contribution is -1.96. The number of halogens is 2. The molecule has 0 unspecified atom stereocenters. The standard InChI is InChI=1S/C5H3BrClN3O2/c6-2-1-3(10(11)12)4(7)9-5(2)8/h1H,(H2,8,9). The summed E-state index contributed by atoms with van der Waals surface area (Å²) in [6.45, 7) is 0. The zero-order chi connectivity index (χ0) is 9.30. The van der Waals surface area contributed by atoms with Crippen LogP contribution < -0.4 is 5.73 Å².